The number of alkyl halides is 3. The highest BCUT2D eigenvalue weighted by atomic mass is 19.4. The molecule has 6 nitrogen and oxygen atoms in total. The predicted molar refractivity (Wildman–Crippen MR) is 124 cm³/mol. The summed E-state index contributed by atoms with van der Waals surface area (Å²) in [6, 6.07) is 18.6. The van der Waals surface area contributed by atoms with Crippen LogP contribution in [0, 0.1) is 6.92 Å². The zero-order valence-corrected chi connectivity index (χ0v) is 18.8. The van der Waals surface area contributed by atoms with E-state index in [4.69, 9.17) is 13.9 Å². The molecule has 3 aromatic carbocycles. The van der Waals surface area contributed by atoms with Crippen LogP contribution in [0.4, 0.5) is 18.9 Å². The number of amides is 1. The van der Waals surface area contributed by atoms with Crippen molar-refractivity contribution in [1.82, 2.24) is 4.98 Å². The molecule has 0 saturated heterocycles. The third-order valence-electron chi connectivity index (χ3n) is 5.09. The molecule has 0 aliphatic carbocycles. The van der Waals surface area contributed by atoms with E-state index in [2.05, 4.69) is 10.3 Å². The zero-order valence-electron chi connectivity index (χ0n) is 18.8. The fourth-order valence-electron chi connectivity index (χ4n) is 3.33. The number of aryl methyl sites for hydroxylation is 1. The number of carbonyl (C=O) groups excluding carboxylic acids is 1. The first-order valence-electron chi connectivity index (χ1n) is 10.6. The monoisotopic (exact) mass is 482 g/mol. The standard InChI is InChI=1S/C26H21F3N2O4/c1-16-21(31-25(34-16)17-7-4-3-5-8-17)15-24(32)30-22-13-18(26(27,28)29)11-12-23(22)35-20-10-6-9-19(14-20)33-2/h3-14H,15H2,1-2H3,(H,30,32). The molecule has 35 heavy (non-hydrogen) atoms. The normalized spacial score (nSPS) is 11.2. The third kappa shape index (κ3) is 5.81. The summed E-state index contributed by atoms with van der Waals surface area (Å²) in [5.41, 5.74) is 0.0737. The Bertz CT molecular complexity index is 1330. The molecule has 1 amide bonds. The number of carbonyl (C=O) groups is 1. The lowest BCUT2D eigenvalue weighted by atomic mass is 10.1. The fraction of sp³-hybridized carbons (Fsp3) is 0.154. The molecule has 0 unspecified atom stereocenters. The van der Waals surface area contributed by atoms with E-state index in [1.165, 1.54) is 7.11 Å². The Kier molecular flexibility index (Phi) is 6.77. The van der Waals surface area contributed by atoms with E-state index >= 15 is 0 Å². The van der Waals surface area contributed by atoms with Gasteiger partial charge in [-0.3, -0.25) is 4.79 Å². The maximum Gasteiger partial charge on any atom is 0.416 e. The summed E-state index contributed by atoms with van der Waals surface area (Å²) < 4.78 is 56.6. The van der Waals surface area contributed by atoms with E-state index in [0.717, 1.165) is 23.8 Å². The van der Waals surface area contributed by atoms with E-state index in [9.17, 15) is 18.0 Å². The highest BCUT2D eigenvalue weighted by Gasteiger charge is 2.31. The van der Waals surface area contributed by atoms with Crippen molar-refractivity contribution < 1.29 is 31.9 Å². The molecular formula is C26H21F3N2O4. The Hall–Kier alpha value is -4.27. The molecule has 9 heteroatoms. The summed E-state index contributed by atoms with van der Waals surface area (Å²) in [6.07, 6.45) is -4.79. The minimum absolute atomic E-state index is 0.0430. The average Bonchev–Trinajstić information content (AvgIpc) is 3.20. The quantitative estimate of drug-likeness (QED) is 0.319. The molecule has 0 aliphatic heterocycles. The number of oxazole rings is 1. The molecule has 1 N–H and O–H groups in total. The molecule has 1 heterocycles. The second-order valence-corrected chi connectivity index (χ2v) is 7.60. The van der Waals surface area contributed by atoms with Gasteiger partial charge < -0.3 is 19.2 Å². The molecular weight excluding hydrogens is 461 g/mol. The Morgan fingerprint density at radius 3 is 2.46 bits per heavy atom. The molecule has 0 aliphatic rings. The van der Waals surface area contributed by atoms with Gasteiger partial charge in [0, 0.05) is 11.6 Å². The van der Waals surface area contributed by atoms with Crippen molar-refractivity contribution >= 4 is 11.6 Å². The first kappa shape index (κ1) is 23.9. The molecule has 0 fully saturated rings. The number of halogens is 3. The molecule has 4 aromatic rings. The maximum atomic E-state index is 13.3. The molecule has 0 spiro atoms. The summed E-state index contributed by atoms with van der Waals surface area (Å²) in [6.45, 7) is 1.67. The van der Waals surface area contributed by atoms with Crippen LogP contribution in [-0.4, -0.2) is 18.0 Å². The number of benzene rings is 3. The van der Waals surface area contributed by atoms with Gasteiger partial charge in [0.05, 0.1) is 30.5 Å². The number of methoxy groups -OCH3 is 1. The van der Waals surface area contributed by atoms with Crippen LogP contribution in [0.15, 0.2) is 77.2 Å². The summed E-state index contributed by atoms with van der Waals surface area (Å²) in [7, 11) is 1.48. The lowest BCUT2D eigenvalue weighted by Gasteiger charge is -2.15. The largest absolute Gasteiger partial charge is 0.497 e. The zero-order chi connectivity index (χ0) is 25.0. The van der Waals surface area contributed by atoms with Gasteiger partial charge in [-0.2, -0.15) is 13.2 Å². The van der Waals surface area contributed by atoms with Crippen molar-refractivity contribution in [2.24, 2.45) is 0 Å². The van der Waals surface area contributed by atoms with Gasteiger partial charge in [0.2, 0.25) is 11.8 Å². The third-order valence-corrected chi connectivity index (χ3v) is 5.09. The van der Waals surface area contributed by atoms with Crippen molar-refractivity contribution in [2.75, 3.05) is 12.4 Å². The Morgan fingerprint density at radius 2 is 1.74 bits per heavy atom. The van der Waals surface area contributed by atoms with Crippen LogP contribution in [0.25, 0.3) is 11.5 Å². The van der Waals surface area contributed by atoms with Gasteiger partial charge in [-0.15, -0.1) is 0 Å². The summed E-state index contributed by atoms with van der Waals surface area (Å²) in [5.74, 6) is 1.11. The minimum Gasteiger partial charge on any atom is -0.497 e. The summed E-state index contributed by atoms with van der Waals surface area (Å²) in [4.78, 5) is 17.2. The van der Waals surface area contributed by atoms with E-state index in [1.54, 1.807) is 31.2 Å². The smallest absolute Gasteiger partial charge is 0.416 e. The van der Waals surface area contributed by atoms with Crippen LogP contribution in [-0.2, 0) is 17.4 Å². The number of hydrogen-bond acceptors (Lipinski definition) is 5. The maximum absolute atomic E-state index is 13.3. The minimum atomic E-state index is -4.60. The second-order valence-electron chi connectivity index (χ2n) is 7.60. The van der Waals surface area contributed by atoms with Crippen molar-refractivity contribution in [3.8, 4) is 28.7 Å². The Morgan fingerprint density at radius 1 is 1.00 bits per heavy atom. The van der Waals surface area contributed by atoms with Crippen molar-refractivity contribution in [2.45, 2.75) is 19.5 Å². The van der Waals surface area contributed by atoms with Gasteiger partial charge in [0.15, 0.2) is 5.75 Å². The van der Waals surface area contributed by atoms with Gasteiger partial charge in [0.25, 0.3) is 0 Å². The molecule has 4 rings (SSSR count). The molecule has 0 atom stereocenters. The lowest BCUT2D eigenvalue weighted by molar-refractivity contribution is -0.137. The van der Waals surface area contributed by atoms with Gasteiger partial charge in [0.1, 0.15) is 17.3 Å². The van der Waals surface area contributed by atoms with Crippen molar-refractivity contribution in [3.05, 3.63) is 89.8 Å². The Labute approximate surface area is 199 Å². The first-order valence-corrected chi connectivity index (χ1v) is 10.6. The number of hydrogen-bond donors (Lipinski definition) is 1. The molecule has 0 radical (unpaired) electrons. The van der Waals surface area contributed by atoms with Gasteiger partial charge in [-0.05, 0) is 49.4 Å². The van der Waals surface area contributed by atoms with E-state index in [-0.39, 0.29) is 17.9 Å². The predicted octanol–water partition coefficient (Wildman–Crippen LogP) is 6.65. The lowest BCUT2D eigenvalue weighted by Crippen LogP contribution is -2.16. The molecule has 1 aromatic heterocycles. The highest BCUT2D eigenvalue weighted by Crippen LogP contribution is 2.37. The fourth-order valence-corrected chi connectivity index (χ4v) is 3.33. The van der Waals surface area contributed by atoms with Crippen LogP contribution in [0.1, 0.15) is 17.0 Å². The van der Waals surface area contributed by atoms with Crippen LogP contribution < -0.4 is 14.8 Å². The van der Waals surface area contributed by atoms with Crippen LogP contribution in [0.3, 0.4) is 0 Å². The topological polar surface area (TPSA) is 73.6 Å². The van der Waals surface area contributed by atoms with E-state index in [1.807, 2.05) is 30.3 Å². The first-order chi connectivity index (χ1) is 16.7. The molecule has 180 valence electrons. The number of nitrogens with zero attached hydrogens (tertiary/aromatic N) is 1. The second kappa shape index (κ2) is 9.92. The summed E-state index contributed by atoms with van der Waals surface area (Å²) >= 11 is 0. The van der Waals surface area contributed by atoms with Crippen LogP contribution in [0.2, 0.25) is 0 Å². The van der Waals surface area contributed by atoms with Gasteiger partial charge >= 0.3 is 6.18 Å². The highest BCUT2D eigenvalue weighted by molar-refractivity contribution is 5.93. The number of anilines is 1. The summed E-state index contributed by atoms with van der Waals surface area (Å²) in [5, 5.41) is 2.52. The number of nitrogens with one attached hydrogen (secondary N) is 1. The van der Waals surface area contributed by atoms with Crippen LogP contribution in [0.5, 0.6) is 17.2 Å². The van der Waals surface area contributed by atoms with Crippen molar-refractivity contribution in [3.63, 3.8) is 0 Å². The average molecular weight is 482 g/mol. The Balaban J connectivity index is 1.58. The SMILES string of the molecule is COc1cccc(Oc2ccc(C(F)(F)F)cc2NC(=O)Cc2nc(-c3ccccc3)oc2C)c1. The molecule has 0 saturated carbocycles. The number of aromatic nitrogens is 1. The van der Waals surface area contributed by atoms with Gasteiger partial charge in [-0.25, -0.2) is 4.98 Å². The number of ether oxygens (including phenoxy) is 2. The van der Waals surface area contributed by atoms with Crippen LogP contribution >= 0.6 is 0 Å². The molecule has 0 bridgehead atoms. The van der Waals surface area contributed by atoms with E-state index in [0.29, 0.717) is 28.8 Å². The van der Waals surface area contributed by atoms with Gasteiger partial charge in [-0.1, -0.05) is 24.3 Å². The number of rotatable bonds is 7. The van der Waals surface area contributed by atoms with E-state index < -0.39 is 17.6 Å². The van der Waals surface area contributed by atoms with Crippen molar-refractivity contribution in [1.29, 1.82) is 0 Å².